The SMILES string of the molecule is OC(O)CNCC(O)O. The van der Waals surface area contributed by atoms with Gasteiger partial charge in [-0.15, -0.1) is 0 Å². The van der Waals surface area contributed by atoms with E-state index in [1.165, 1.54) is 0 Å². The van der Waals surface area contributed by atoms with Gasteiger partial charge in [0.05, 0.1) is 0 Å². The predicted molar refractivity (Wildman–Crippen MR) is 29.3 cm³/mol. The number of rotatable bonds is 4. The van der Waals surface area contributed by atoms with Crippen LogP contribution in [-0.4, -0.2) is 46.1 Å². The van der Waals surface area contributed by atoms with Gasteiger partial charge in [-0.2, -0.15) is 0 Å². The molecule has 56 valence electrons. The largest absolute Gasteiger partial charge is 0.367 e. The van der Waals surface area contributed by atoms with Gasteiger partial charge in [0.15, 0.2) is 12.6 Å². The Labute approximate surface area is 52.6 Å². The summed E-state index contributed by atoms with van der Waals surface area (Å²) >= 11 is 0. The van der Waals surface area contributed by atoms with Gasteiger partial charge in [0.2, 0.25) is 0 Å². The minimum Gasteiger partial charge on any atom is -0.367 e. The highest BCUT2D eigenvalue weighted by Crippen LogP contribution is 1.72. The zero-order valence-corrected chi connectivity index (χ0v) is 4.86. The molecule has 0 aromatic rings. The highest BCUT2D eigenvalue weighted by Gasteiger charge is 1.98. The molecule has 0 saturated carbocycles. The highest BCUT2D eigenvalue weighted by atomic mass is 16.5. The molecule has 0 aliphatic carbocycles. The minimum absolute atomic E-state index is 0.0579. The smallest absolute Gasteiger partial charge is 0.164 e. The second kappa shape index (κ2) is 4.66. The summed E-state index contributed by atoms with van der Waals surface area (Å²) < 4.78 is 0. The summed E-state index contributed by atoms with van der Waals surface area (Å²) in [6.07, 6.45) is -2.88. The van der Waals surface area contributed by atoms with Gasteiger partial charge in [-0.05, 0) is 0 Å². The number of nitrogens with one attached hydrogen (secondary N) is 1. The predicted octanol–water partition coefficient (Wildman–Crippen LogP) is -2.80. The topological polar surface area (TPSA) is 93.0 Å². The van der Waals surface area contributed by atoms with Gasteiger partial charge in [0.1, 0.15) is 0 Å². The quantitative estimate of drug-likeness (QED) is 0.270. The molecule has 9 heavy (non-hydrogen) atoms. The zero-order chi connectivity index (χ0) is 7.28. The fraction of sp³-hybridized carbons (Fsp3) is 1.00. The third-order valence-electron chi connectivity index (χ3n) is 0.654. The molecule has 5 N–H and O–H groups in total. The molecule has 0 amide bonds. The Kier molecular flexibility index (Phi) is 4.55. The van der Waals surface area contributed by atoms with Crippen LogP contribution in [0.2, 0.25) is 0 Å². The molecule has 0 bridgehead atoms. The van der Waals surface area contributed by atoms with Crippen LogP contribution in [0.25, 0.3) is 0 Å². The van der Waals surface area contributed by atoms with Crippen molar-refractivity contribution in [3.63, 3.8) is 0 Å². The van der Waals surface area contributed by atoms with Gasteiger partial charge in [0.25, 0.3) is 0 Å². The first-order valence-electron chi connectivity index (χ1n) is 2.56. The van der Waals surface area contributed by atoms with E-state index < -0.39 is 12.6 Å². The Morgan fingerprint density at radius 1 is 0.889 bits per heavy atom. The number of hydrogen-bond acceptors (Lipinski definition) is 5. The molecular formula is C4H11NO4. The summed E-state index contributed by atoms with van der Waals surface area (Å²) in [6, 6.07) is 0. The van der Waals surface area contributed by atoms with E-state index in [1.807, 2.05) is 0 Å². The Morgan fingerprint density at radius 3 is 1.44 bits per heavy atom. The summed E-state index contributed by atoms with van der Waals surface area (Å²) in [5, 5.41) is 35.2. The molecule has 5 heteroatoms. The third kappa shape index (κ3) is 7.80. The van der Waals surface area contributed by atoms with Crippen LogP contribution in [0.4, 0.5) is 0 Å². The monoisotopic (exact) mass is 137 g/mol. The Balaban J connectivity index is 2.91. The maximum atomic E-state index is 8.20. The van der Waals surface area contributed by atoms with Crippen molar-refractivity contribution in [2.45, 2.75) is 12.6 Å². The van der Waals surface area contributed by atoms with E-state index >= 15 is 0 Å². The van der Waals surface area contributed by atoms with E-state index in [0.717, 1.165) is 0 Å². The van der Waals surface area contributed by atoms with Crippen LogP contribution in [-0.2, 0) is 0 Å². The van der Waals surface area contributed by atoms with E-state index in [-0.39, 0.29) is 13.1 Å². The summed E-state index contributed by atoms with van der Waals surface area (Å²) in [7, 11) is 0. The molecule has 0 aliphatic rings. The Morgan fingerprint density at radius 2 is 1.22 bits per heavy atom. The number of aliphatic hydroxyl groups is 4. The van der Waals surface area contributed by atoms with Crippen molar-refractivity contribution < 1.29 is 20.4 Å². The standard InChI is InChI=1S/C4H11NO4/c6-3(7)1-5-2-4(8)9/h3-9H,1-2H2. The van der Waals surface area contributed by atoms with Crippen LogP contribution >= 0.6 is 0 Å². The molecule has 0 saturated heterocycles. The Bertz CT molecular complexity index is 57.6. The maximum Gasteiger partial charge on any atom is 0.164 e. The molecule has 0 aromatic heterocycles. The molecule has 0 rings (SSSR count). The van der Waals surface area contributed by atoms with Crippen molar-refractivity contribution in [2.75, 3.05) is 13.1 Å². The minimum atomic E-state index is -1.44. The van der Waals surface area contributed by atoms with Crippen molar-refractivity contribution in [2.24, 2.45) is 0 Å². The van der Waals surface area contributed by atoms with Crippen LogP contribution in [0.15, 0.2) is 0 Å². The van der Waals surface area contributed by atoms with Gasteiger partial charge in [-0.1, -0.05) is 0 Å². The summed E-state index contributed by atoms with van der Waals surface area (Å²) in [5.74, 6) is 0. The molecule has 0 aliphatic heterocycles. The van der Waals surface area contributed by atoms with Crippen molar-refractivity contribution in [3.8, 4) is 0 Å². The summed E-state index contributed by atoms with van der Waals surface area (Å²) in [4.78, 5) is 0. The zero-order valence-electron chi connectivity index (χ0n) is 4.86. The van der Waals surface area contributed by atoms with Crippen LogP contribution in [0.3, 0.4) is 0 Å². The number of aliphatic hydroxyl groups excluding tert-OH is 2. The van der Waals surface area contributed by atoms with Gasteiger partial charge >= 0.3 is 0 Å². The molecule has 0 fully saturated rings. The molecule has 0 unspecified atom stereocenters. The van der Waals surface area contributed by atoms with Crippen LogP contribution < -0.4 is 5.32 Å². The van der Waals surface area contributed by atoms with Gasteiger partial charge in [-0.25, -0.2) is 0 Å². The number of hydrogen-bond donors (Lipinski definition) is 5. The van der Waals surface area contributed by atoms with Crippen LogP contribution in [0, 0.1) is 0 Å². The second-order valence-corrected chi connectivity index (χ2v) is 1.62. The van der Waals surface area contributed by atoms with Crippen molar-refractivity contribution in [1.82, 2.24) is 5.32 Å². The molecule has 0 heterocycles. The van der Waals surface area contributed by atoms with Crippen molar-refractivity contribution in [1.29, 1.82) is 0 Å². The van der Waals surface area contributed by atoms with Crippen LogP contribution in [0.1, 0.15) is 0 Å². The molecule has 0 radical (unpaired) electrons. The Hall–Kier alpha value is -0.200. The van der Waals surface area contributed by atoms with E-state index in [2.05, 4.69) is 5.32 Å². The average molecular weight is 137 g/mol. The first kappa shape index (κ1) is 8.80. The average Bonchev–Trinajstić information content (AvgIpc) is 1.63. The van der Waals surface area contributed by atoms with E-state index in [1.54, 1.807) is 0 Å². The van der Waals surface area contributed by atoms with E-state index in [0.29, 0.717) is 0 Å². The second-order valence-electron chi connectivity index (χ2n) is 1.62. The lowest BCUT2D eigenvalue weighted by Crippen LogP contribution is -2.32. The van der Waals surface area contributed by atoms with E-state index in [9.17, 15) is 0 Å². The van der Waals surface area contributed by atoms with Gasteiger partial charge < -0.3 is 25.7 Å². The van der Waals surface area contributed by atoms with E-state index in [4.69, 9.17) is 20.4 Å². The van der Waals surface area contributed by atoms with Gasteiger partial charge in [-0.3, -0.25) is 0 Å². The highest BCUT2D eigenvalue weighted by molar-refractivity contribution is 4.47. The van der Waals surface area contributed by atoms with Crippen molar-refractivity contribution in [3.05, 3.63) is 0 Å². The molecule has 0 aromatic carbocycles. The van der Waals surface area contributed by atoms with Gasteiger partial charge in [0, 0.05) is 13.1 Å². The fourth-order valence-corrected chi connectivity index (χ4v) is 0.342. The lowest BCUT2D eigenvalue weighted by Gasteiger charge is -2.06. The molecular weight excluding hydrogens is 126 g/mol. The lowest BCUT2D eigenvalue weighted by atomic mass is 10.5. The summed E-state index contributed by atoms with van der Waals surface area (Å²) in [5.41, 5.74) is 0. The maximum absolute atomic E-state index is 8.20. The molecule has 5 nitrogen and oxygen atoms in total. The normalized spacial score (nSPS) is 11.3. The third-order valence-corrected chi connectivity index (χ3v) is 0.654. The lowest BCUT2D eigenvalue weighted by molar-refractivity contribution is -0.0566. The fourth-order valence-electron chi connectivity index (χ4n) is 0.342. The van der Waals surface area contributed by atoms with Crippen LogP contribution in [0.5, 0.6) is 0 Å². The summed E-state index contributed by atoms with van der Waals surface area (Å²) in [6.45, 7) is -0.116. The molecule has 0 atom stereocenters. The first-order chi connectivity index (χ1) is 4.13. The molecule has 0 spiro atoms. The van der Waals surface area contributed by atoms with Crippen molar-refractivity contribution >= 4 is 0 Å². The first-order valence-corrected chi connectivity index (χ1v) is 2.56.